The van der Waals surface area contributed by atoms with Crippen molar-refractivity contribution in [2.75, 3.05) is 10.8 Å². The van der Waals surface area contributed by atoms with E-state index in [1.54, 1.807) is 43.3 Å². The van der Waals surface area contributed by atoms with E-state index >= 15 is 0 Å². The van der Waals surface area contributed by atoms with E-state index in [9.17, 15) is 22.3 Å². The van der Waals surface area contributed by atoms with Crippen LogP contribution in [-0.4, -0.2) is 39.9 Å². The molecule has 1 amide bonds. The van der Waals surface area contributed by atoms with Crippen LogP contribution in [0.2, 0.25) is 0 Å². The van der Waals surface area contributed by atoms with E-state index in [2.05, 4.69) is 14.7 Å². The van der Waals surface area contributed by atoms with Gasteiger partial charge in [-0.15, -0.1) is 0 Å². The van der Waals surface area contributed by atoms with Crippen molar-refractivity contribution in [3.63, 3.8) is 0 Å². The van der Waals surface area contributed by atoms with Gasteiger partial charge in [-0.1, -0.05) is 42.5 Å². The SMILES string of the molecule is Cc1cc(CC(NS(=O)(=O)c2ccccc2)c2nc3ccccc3[nH]2)ccc1N1CC(=O)NS1([O-])[O-]. The quantitative estimate of drug-likeness (QED) is 0.335. The lowest BCUT2D eigenvalue weighted by Gasteiger charge is -2.61. The molecule has 10 nitrogen and oxygen atoms in total. The van der Waals surface area contributed by atoms with E-state index in [1.807, 2.05) is 29.0 Å². The number of carbonyl (C=O) groups is 1. The fraction of sp³-hybridized carbons (Fsp3) is 0.167. The zero-order valence-corrected chi connectivity index (χ0v) is 20.8. The molecule has 1 saturated heterocycles. The summed E-state index contributed by atoms with van der Waals surface area (Å²) < 4.78 is 56.6. The average Bonchev–Trinajstić information content (AvgIpc) is 3.38. The van der Waals surface area contributed by atoms with Crippen LogP contribution in [0.3, 0.4) is 0 Å². The molecule has 0 spiro atoms. The number of imidazole rings is 1. The van der Waals surface area contributed by atoms with Gasteiger partial charge < -0.3 is 29.4 Å². The molecular weight excluding hydrogens is 502 g/mol. The van der Waals surface area contributed by atoms with Crippen molar-refractivity contribution in [2.24, 2.45) is 0 Å². The summed E-state index contributed by atoms with van der Waals surface area (Å²) in [5.74, 6) is -0.145. The second-order valence-corrected chi connectivity index (χ2v) is 11.8. The van der Waals surface area contributed by atoms with Crippen molar-refractivity contribution in [1.29, 1.82) is 0 Å². The van der Waals surface area contributed by atoms with Crippen molar-refractivity contribution in [3.05, 3.63) is 89.7 Å². The fourth-order valence-electron chi connectivity index (χ4n) is 4.21. The predicted molar refractivity (Wildman–Crippen MR) is 135 cm³/mol. The number of aryl methyl sites for hydroxylation is 1. The molecule has 188 valence electrons. The molecule has 1 atom stereocenters. The first-order valence-electron chi connectivity index (χ1n) is 11.1. The zero-order chi connectivity index (χ0) is 25.5. The molecule has 3 N–H and O–H groups in total. The van der Waals surface area contributed by atoms with Gasteiger partial charge in [0.25, 0.3) is 5.91 Å². The summed E-state index contributed by atoms with van der Waals surface area (Å²) in [6.45, 7) is 1.45. The molecule has 0 saturated carbocycles. The average molecular weight is 526 g/mol. The van der Waals surface area contributed by atoms with Crippen molar-refractivity contribution in [2.45, 2.75) is 24.3 Å². The Labute approximate surface area is 210 Å². The zero-order valence-electron chi connectivity index (χ0n) is 19.2. The van der Waals surface area contributed by atoms with Crippen LogP contribution in [0.4, 0.5) is 5.69 Å². The number of H-pyrrole nitrogens is 1. The highest BCUT2D eigenvalue weighted by molar-refractivity contribution is 8.24. The Bertz CT molecular complexity index is 1510. The molecule has 36 heavy (non-hydrogen) atoms. The third-order valence-electron chi connectivity index (χ3n) is 5.88. The lowest BCUT2D eigenvalue weighted by molar-refractivity contribution is -0.117. The van der Waals surface area contributed by atoms with E-state index in [0.717, 1.165) is 15.4 Å². The smallest absolute Gasteiger partial charge is 0.255 e. The Kier molecular flexibility index (Phi) is 6.22. The molecule has 12 heteroatoms. The Morgan fingerprint density at radius 1 is 1.08 bits per heavy atom. The molecule has 0 bridgehead atoms. The van der Waals surface area contributed by atoms with Gasteiger partial charge in [0, 0.05) is 0 Å². The Morgan fingerprint density at radius 2 is 1.81 bits per heavy atom. The number of para-hydroxylation sites is 2. The van der Waals surface area contributed by atoms with Crippen molar-refractivity contribution in [1.82, 2.24) is 19.4 Å². The molecule has 4 aromatic rings. The molecule has 5 rings (SSSR count). The molecule has 1 unspecified atom stereocenters. The topological polar surface area (TPSA) is 153 Å². The fourth-order valence-corrected chi connectivity index (χ4v) is 6.64. The maximum absolute atomic E-state index is 13.2. The molecule has 1 aliphatic heterocycles. The first kappa shape index (κ1) is 24.3. The number of rotatable bonds is 7. The molecule has 0 aliphatic carbocycles. The highest BCUT2D eigenvalue weighted by atomic mass is 32.3. The minimum atomic E-state index is -3.93. The lowest BCUT2D eigenvalue weighted by atomic mass is 10.0. The van der Waals surface area contributed by atoms with Crippen LogP contribution < -0.4 is 13.7 Å². The summed E-state index contributed by atoms with van der Waals surface area (Å²) in [4.78, 5) is 19.6. The van der Waals surface area contributed by atoms with Crippen molar-refractivity contribution >= 4 is 43.6 Å². The standard InChI is InChI=1S/C24H25N5O5S2/c1-16-13-17(11-12-22(16)29-15-23(30)28-36(29,33)34)14-21(24-25-19-9-5-6-10-20(19)26-24)27-35(31,32)18-7-3-2-4-8-18/h2-13,21,27,33-34H,14-15H2,1H3,(H,25,26)(H,28,30)/p-2. The van der Waals surface area contributed by atoms with Gasteiger partial charge in [0.05, 0.1) is 27.7 Å². The Morgan fingerprint density at radius 3 is 2.47 bits per heavy atom. The van der Waals surface area contributed by atoms with Crippen LogP contribution in [0.15, 0.2) is 77.7 Å². The molecule has 1 fully saturated rings. The number of fused-ring (bicyclic) bond motifs is 1. The largest absolute Gasteiger partial charge is 0.766 e. The number of amides is 1. The molecule has 0 radical (unpaired) electrons. The number of aromatic amines is 1. The third kappa shape index (κ3) is 4.81. The van der Waals surface area contributed by atoms with Gasteiger partial charge in [0.1, 0.15) is 12.4 Å². The normalized spacial score (nSPS) is 17.2. The molecule has 2 heterocycles. The summed E-state index contributed by atoms with van der Waals surface area (Å²) in [5.41, 5.74) is 3.25. The van der Waals surface area contributed by atoms with Gasteiger partial charge >= 0.3 is 0 Å². The van der Waals surface area contributed by atoms with Crippen LogP contribution >= 0.6 is 11.0 Å². The van der Waals surface area contributed by atoms with Crippen LogP contribution in [0.1, 0.15) is 23.0 Å². The lowest BCUT2D eigenvalue weighted by Crippen LogP contribution is -2.31. The van der Waals surface area contributed by atoms with Crippen molar-refractivity contribution < 1.29 is 22.3 Å². The molecular formula is C24H23N5O5S2-2. The summed E-state index contributed by atoms with van der Waals surface area (Å²) in [7, 11) is -7.79. The number of benzene rings is 3. The Balaban J connectivity index is 1.48. The summed E-state index contributed by atoms with van der Waals surface area (Å²) in [6, 6.07) is 19.9. The number of nitrogens with one attached hydrogen (secondary N) is 3. The number of hydrogen-bond acceptors (Lipinski definition) is 7. The molecule has 1 aliphatic rings. The predicted octanol–water partition coefficient (Wildman–Crippen LogP) is 2.97. The van der Waals surface area contributed by atoms with E-state index in [1.165, 1.54) is 12.1 Å². The minimum absolute atomic E-state index is 0.133. The monoisotopic (exact) mass is 525 g/mol. The van der Waals surface area contributed by atoms with Crippen LogP contribution in [0, 0.1) is 6.92 Å². The molecule has 3 aromatic carbocycles. The summed E-state index contributed by atoms with van der Waals surface area (Å²) in [5, 5.41) is 0. The maximum atomic E-state index is 13.2. The van der Waals surface area contributed by atoms with E-state index in [4.69, 9.17) is 0 Å². The van der Waals surface area contributed by atoms with Crippen LogP contribution in [0.5, 0.6) is 0 Å². The van der Waals surface area contributed by atoms with Gasteiger partial charge in [-0.3, -0.25) is 9.52 Å². The highest BCUT2D eigenvalue weighted by Gasteiger charge is 2.27. The van der Waals surface area contributed by atoms with E-state index < -0.39 is 32.9 Å². The van der Waals surface area contributed by atoms with Crippen molar-refractivity contribution in [3.8, 4) is 0 Å². The van der Waals surface area contributed by atoms with Crippen LogP contribution in [0.25, 0.3) is 11.0 Å². The number of anilines is 1. The number of aromatic nitrogens is 2. The molecule has 1 aromatic heterocycles. The number of hydrogen-bond donors (Lipinski definition) is 3. The van der Waals surface area contributed by atoms with Crippen LogP contribution in [-0.2, 0) is 21.2 Å². The van der Waals surface area contributed by atoms with Gasteiger partial charge in [-0.25, -0.2) is 18.1 Å². The first-order chi connectivity index (χ1) is 17.1. The highest BCUT2D eigenvalue weighted by Crippen LogP contribution is 2.46. The van der Waals surface area contributed by atoms with E-state index in [0.29, 0.717) is 22.6 Å². The number of sulfonamides is 1. The first-order valence-corrected chi connectivity index (χ1v) is 14.0. The van der Waals surface area contributed by atoms with E-state index in [-0.39, 0.29) is 17.9 Å². The number of nitrogens with zero attached hydrogens (tertiary/aromatic N) is 2. The van der Waals surface area contributed by atoms with Gasteiger partial charge in [-0.2, -0.15) is 0 Å². The minimum Gasteiger partial charge on any atom is -0.766 e. The van der Waals surface area contributed by atoms with Gasteiger partial charge in [0.2, 0.25) is 10.0 Å². The third-order valence-corrected chi connectivity index (χ3v) is 8.76. The summed E-state index contributed by atoms with van der Waals surface area (Å²) >= 11 is 0. The Hall–Kier alpha value is -3.42. The summed E-state index contributed by atoms with van der Waals surface area (Å²) in [6.07, 6.45) is 0.247. The second kappa shape index (κ2) is 9.22. The second-order valence-electron chi connectivity index (χ2n) is 8.49. The van der Waals surface area contributed by atoms with Gasteiger partial charge in [0.15, 0.2) is 0 Å². The maximum Gasteiger partial charge on any atom is 0.255 e. The number of carbonyl (C=O) groups excluding carboxylic acids is 1. The van der Waals surface area contributed by atoms with Gasteiger partial charge in [-0.05, 0) is 54.8 Å².